The molecule has 0 bridgehead atoms. The van der Waals surface area contributed by atoms with E-state index in [-0.39, 0.29) is 35.5 Å². The molecule has 246 valence electrons. The van der Waals surface area contributed by atoms with Crippen molar-refractivity contribution in [3.05, 3.63) is 69.8 Å². The van der Waals surface area contributed by atoms with E-state index in [1.54, 1.807) is 6.07 Å². The first-order valence-electron chi connectivity index (χ1n) is 17.1. The fraction of sp³-hybridized carbons (Fsp3) is 0.375. The number of fused-ring (bicyclic) bond motifs is 2. The first-order valence-corrected chi connectivity index (χ1v) is 17.1. The SMILES string of the molecule is CCC(C)C(=O)OCCCCCCCCN1C(=O)c2ccc3c4c(C)cc5c6c(ccc(c7c(C)cc(c2c37)C1=O)c64)C(=O)N(C)C5=O. The number of unbranched alkanes of at least 4 members (excludes halogenated alkanes) is 5. The number of esters is 1. The summed E-state index contributed by atoms with van der Waals surface area (Å²) in [6, 6.07) is 11.3. The van der Waals surface area contributed by atoms with E-state index in [1.807, 2.05) is 58.0 Å². The van der Waals surface area contributed by atoms with Crippen LogP contribution in [0.15, 0.2) is 36.4 Å². The van der Waals surface area contributed by atoms with Crippen LogP contribution in [0.3, 0.4) is 0 Å². The van der Waals surface area contributed by atoms with Crippen LogP contribution in [-0.2, 0) is 9.53 Å². The Hall–Kier alpha value is -4.85. The second-order valence-corrected chi connectivity index (χ2v) is 13.6. The number of aryl methyl sites for hydroxylation is 2. The van der Waals surface area contributed by atoms with E-state index in [0.717, 1.165) is 88.4 Å². The molecule has 0 radical (unpaired) electrons. The van der Waals surface area contributed by atoms with Crippen LogP contribution in [0, 0.1) is 19.8 Å². The average molecular weight is 645 g/mol. The third kappa shape index (κ3) is 4.67. The van der Waals surface area contributed by atoms with Gasteiger partial charge in [-0.05, 0) is 101 Å². The fourth-order valence-electron chi connectivity index (χ4n) is 7.81. The van der Waals surface area contributed by atoms with Crippen molar-refractivity contribution in [2.45, 2.75) is 72.6 Å². The van der Waals surface area contributed by atoms with Gasteiger partial charge in [0.05, 0.1) is 12.5 Å². The van der Waals surface area contributed by atoms with E-state index in [0.29, 0.717) is 46.2 Å². The molecule has 5 aromatic carbocycles. The maximum atomic E-state index is 14.0. The molecule has 5 aromatic rings. The smallest absolute Gasteiger partial charge is 0.308 e. The highest BCUT2D eigenvalue weighted by Crippen LogP contribution is 2.48. The van der Waals surface area contributed by atoms with E-state index >= 15 is 0 Å². The first-order chi connectivity index (χ1) is 23.1. The number of carbonyl (C=O) groups is 5. The van der Waals surface area contributed by atoms with Crippen molar-refractivity contribution in [1.82, 2.24) is 9.80 Å². The summed E-state index contributed by atoms with van der Waals surface area (Å²) in [5.41, 5.74) is 3.88. The zero-order chi connectivity index (χ0) is 34.0. The maximum absolute atomic E-state index is 14.0. The van der Waals surface area contributed by atoms with E-state index in [1.165, 1.54) is 16.8 Å². The number of rotatable bonds is 11. The van der Waals surface area contributed by atoms with Crippen molar-refractivity contribution in [1.29, 1.82) is 0 Å². The van der Waals surface area contributed by atoms with Crippen LogP contribution in [0.25, 0.3) is 43.1 Å². The molecule has 7 rings (SSSR count). The van der Waals surface area contributed by atoms with Gasteiger partial charge in [0.1, 0.15) is 0 Å². The lowest BCUT2D eigenvalue weighted by Crippen LogP contribution is -2.41. The Balaban J connectivity index is 1.17. The molecule has 1 unspecified atom stereocenters. The molecule has 0 aromatic heterocycles. The van der Waals surface area contributed by atoms with Crippen molar-refractivity contribution in [2.24, 2.45) is 5.92 Å². The van der Waals surface area contributed by atoms with Crippen LogP contribution in [-0.4, -0.2) is 59.6 Å². The highest BCUT2D eigenvalue weighted by molar-refractivity contribution is 6.42. The molecular weight excluding hydrogens is 604 g/mol. The first kappa shape index (κ1) is 31.7. The summed E-state index contributed by atoms with van der Waals surface area (Å²) in [7, 11) is 1.51. The number of hydrogen-bond acceptors (Lipinski definition) is 6. The minimum Gasteiger partial charge on any atom is -0.465 e. The Kier molecular flexibility index (Phi) is 7.93. The number of hydrogen-bond donors (Lipinski definition) is 0. The normalized spacial score (nSPS) is 15.2. The summed E-state index contributed by atoms with van der Waals surface area (Å²) < 4.78 is 5.33. The van der Waals surface area contributed by atoms with Gasteiger partial charge in [-0.1, -0.05) is 51.7 Å². The average Bonchev–Trinajstić information content (AvgIpc) is 3.08. The van der Waals surface area contributed by atoms with Gasteiger partial charge in [0, 0.05) is 46.6 Å². The number of ether oxygens (including phenoxy) is 1. The largest absolute Gasteiger partial charge is 0.465 e. The second-order valence-electron chi connectivity index (χ2n) is 13.6. The van der Waals surface area contributed by atoms with Crippen molar-refractivity contribution in [3.63, 3.8) is 0 Å². The Morgan fingerprint density at radius 3 is 1.71 bits per heavy atom. The molecule has 1 atom stereocenters. The summed E-state index contributed by atoms with van der Waals surface area (Å²) in [6.45, 7) is 8.62. The second kappa shape index (κ2) is 12.0. The third-order valence-electron chi connectivity index (χ3n) is 10.6. The monoisotopic (exact) mass is 644 g/mol. The molecule has 0 N–H and O–H groups in total. The van der Waals surface area contributed by atoms with Crippen LogP contribution >= 0.6 is 0 Å². The van der Waals surface area contributed by atoms with Crippen LogP contribution in [0.4, 0.5) is 0 Å². The molecule has 8 heteroatoms. The van der Waals surface area contributed by atoms with Crippen molar-refractivity contribution >= 4 is 72.7 Å². The lowest BCUT2D eigenvalue weighted by molar-refractivity contribution is -0.148. The molecule has 0 saturated carbocycles. The summed E-state index contributed by atoms with van der Waals surface area (Å²) in [4.78, 5) is 68.7. The molecular formula is C40H40N2O6. The summed E-state index contributed by atoms with van der Waals surface area (Å²) in [5, 5.41) is 6.78. The van der Waals surface area contributed by atoms with Gasteiger partial charge < -0.3 is 4.74 Å². The minimum atomic E-state index is -0.322. The van der Waals surface area contributed by atoms with Crippen molar-refractivity contribution in [2.75, 3.05) is 20.2 Å². The van der Waals surface area contributed by atoms with E-state index in [9.17, 15) is 24.0 Å². The summed E-state index contributed by atoms with van der Waals surface area (Å²) in [6.07, 6.45) is 6.19. The van der Waals surface area contributed by atoms with Gasteiger partial charge in [-0.25, -0.2) is 0 Å². The predicted molar refractivity (Wildman–Crippen MR) is 187 cm³/mol. The third-order valence-corrected chi connectivity index (χ3v) is 10.6. The molecule has 48 heavy (non-hydrogen) atoms. The van der Waals surface area contributed by atoms with Gasteiger partial charge in [-0.2, -0.15) is 0 Å². The number of amides is 4. The number of imide groups is 2. The van der Waals surface area contributed by atoms with Gasteiger partial charge in [0.15, 0.2) is 0 Å². The number of benzene rings is 5. The molecule has 0 spiro atoms. The molecule has 2 heterocycles. The molecule has 8 nitrogen and oxygen atoms in total. The Morgan fingerprint density at radius 1 is 0.646 bits per heavy atom. The molecule has 0 fully saturated rings. The van der Waals surface area contributed by atoms with Crippen molar-refractivity contribution < 1.29 is 28.7 Å². The Morgan fingerprint density at radius 2 is 1.12 bits per heavy atom. The van der Waals surface area contributed by atoms with E-state index in [2.05, 4.69) is 0 Å². The van der Waals surface area contributed by atoms with Crippen molar-refractivity contribution in [3.8, 4) is 0 Å². The molecule has 2 aliphatic heterocycles. The van der Waals surface area contributed by atoms with Gasteiger partial charge in [0.2, 0.25) is 0 Å². The zero-order valence-electron chi connectivity index (χ0n) is 28.2. The van der Waals surface area contributed by atoms with Gasteiger partial charge in [-0.3, -0.25) is 33.8 Å². The topological polar surface area (TPSA) is 101 Å². The Bertz CT molecular complexity index is 2220. The molecule has 4 amide bonds. The Labute approximate surface area is 279 Å². The highest BCUT2D eigenvalue weighted by Gasteiger charge is 2.36. The summed E-state index contributed by atoms with van der Waals surface area (Å²) >= 11 is 0. The zero-order valence-corrected chi connectivity index (χ0v) is 28.2. The highest BCUT2D eigenvalue weighted by atomic mass is 16.5. The number of nitrogens with zero attached hydrogens (tertiary/aromatic N) is 2. The van der Waals surface area contributed by atoms with Crippen LogP contribution < -0.4 is 0 Å². The molecule has 0 aliphatic carbocycles. The standard InChI is InChI=1S/C40H40N2O6/c1-6-21(2)40(47)48-18-12-10-8-7-9-11-17-42-38(45)27-16-14-25-30-22(3)19-28-32-26(36(43)41(5)37(28)44)15-13-24(34(30)32)31-23(4)20-29(39(42)46)33(27)35(25)31/h13-16,19-21H,6-12,17-18H2,1-5H3. The minimum absolute atomic E-state index is 0.0609. The molecule has 2 aliphatic rings. The van der Waals surface area contributed by atoms with Gasteiger partial charge >= 0.3 is 5.97 Å². The van der Waals surface area contributed by atoms with E-state index in [4.69, 9.17) is 4.74 Å². The quantitative estimate of drug-likeness (QED) is 0.0474. The molecule has 0 saturated heterocycles. The number of carbonyl (C=O) groups excluding carboxylic acids is 5. The van der Waals surface area contributed by atoms with Gasteiger partial charge in [-0.15, -0.1) is 0 Å². The lowest BCUT2D eigenvalue weighted by Gasteiger charge is -2.30. The van der Waals surface area contributed by atoms with Crippen LogP contribution in [0.1, 0.15) is 111 Å². The predicted octanol–water partition coefficient (Wildman–Crippen LogP) is 8.11. The maximum Gasteiger partial charge on any atom is 0.308 e. The fourth-order valence-corrected chi connectivity index (χ4v) is 7.81. The van der Waals surface area contributed by atoms with Crippen LogP contribution in [0.5, 0.6) is 0 Å². The van der Waals surface area contributed by atoms with Gasteiger partial charge in [0.25, 0.3) is 23.6 Å². The van der Waals surface area contributed by atoms with Crippen LogP contribution in [0.2, 0.25) is 0 Å². The summed E-state index contributed by atoms with van der Waals surface area (Å²) in [5.74, 6) is -1.37. The lowest BCUT2D eigenvalue weighted by atomic mass is 9.79. The van der Waals surface area contributed by atoms with E-state index < -0.39 is 0 Å².